The molecule has 0 aliphatic rings. The van der Waals surface area contributed by atoms with Gasteiger partial charge in [-0.25, -0.2) is 0 Å². The Kier molecular flexibility index (Phi) is 15.9. The van der Waals surface area contributed by atoms with Crippen molar-refractivity contribution < 1.29 is 0 Å². The third-order valence-corrected chi connectivity index (χ3v) is 3.69. The minimum Gasteiger partial charge on any atom is -0.103 e. The van der Waals surface area contributed by atoms with E-state index >= 15 is 0 Å². The summed E-state index contributed by atoms with van der Waals surface area (Å²) in [6, 6.07) is 1.17. The minimum atomic E-state index is 1.17. The van der Waals surface area contributed by atoms with E-state index in [2.05, 4.69) is 16.8 Å². The second-order valence-electron chi connectivity index (χ2n) is 5.07. The Bertz CT molecular complexity index is 142. The van der Waals surface area contributed by atoms with Gasteiger partial charge in [0.15, 0.2) is 0 Å². The van der Waals surface area contributed by atoms with Crippen LogP contribution in [0.2, 0.25) is 6.04 Å². The molecule has 0 aliphatic heterocycles. The lowest BCUT2D eigenvalue weighted by molar-refractivity contribution is 0.545. The van der Waals surface area contributed by atoms with Gasteiger partial charge in [0.05, 0.1) is 0 Å². The first-order chi connectivity index (χ1) is 8.41. The lowest BCUT2D eigenvalue weighted by Gasteiger charge is -2.02. The van der Waals surface area contributed by atoms with E-state index in [-0.39, 0.29) is 0 Å². The van der Waals surface area contributed by atoms with Gasteiger partial charge in [0.1, 0.15) is 0 Å². The molecule has 0 rings (SSSR count). The SMILES string of the molecule is C=CCCCCCCCCCCCCCC[Si]. The first kappa shape index (κ1) is 17.0. The smallest absolute Gasteiger partial charge is 0.0222 e. The molecular formula is C16H31Si. The number of unbranched alkanes of at least 4 members (excludes halogenated alkanes) is 12. The van der Waals surface area contributed by atoms with Crippen LogP contribution in [0.5, 0.6) is 0 Å². The number of hydrogen-bond donors (Lipinski definition) is 0. The standard InChI is InChI=1S/C16H31Si/c1-2-3-4-5-6-7-8-9-10-11-12-13-14-15-16-17/h2H,1,3-16H2. The van der Waals surface area contributed by atoms with Crippen LogP contribution in [0.3, 0.4) is 0 Å². The second kappa shape index (κ2) is 16.0. The fraction of sp³-hybridized carbons (Fsp3) is 0.875. The van der Waals surface area contributed by atoms with Crippen molar-refractivity contribution in [2.45, 2.75) is 89.5 Å². The molecule has 0 amide bonds. The Hall–Kier alpha value is -0.0431. The summed E-state index contributed by atoms with van der Waals surface area (Å²) in [4.78, 5) is 0. The summed E-state index contributed by atoms with van der Waals surface area (Å²) in [5, 5.41) is 0. The van der Waals surface area contributed by atoms with Crippen molar-refractivity contribution in [3.8, 4) is 0 Å². The highest BCUT2D eigenvalue weighted by Gasteiger charge is 1.93. The van der Waals surface area contributed by atoms with Crippen LogP contribution in [-0.2, 0) is 0 Å². The van der Waals surface area contributed by atoms with Crippen molar-refractivity contribution in [1.29, 1.82) is 0 Å². The van der Waals surface area contributed by atoms with E-state index in [0.29, 0.717) is 0 Å². The predicted molar refractivity (Wildman–Crippen MR) is 80.8 cm³/mol. The van der Waals surface area contributed by atoms with Crippen LogP contribution in [0, 0.1) is 0 Å². The van der Waals surface area contributed by atoms with Gasteiger partial charge < -0.3 is 0 Å². The topological polar surface area (TPSA) is 0 Å². The first-order valence-corrected chi connectivity index (χ1v) is 8.38. The highest BCUT2D eigenvalue weighted by atomic mass is 28.1. The monoisotopic (exact) mass is 251 g/mol. The predicted octanol–water partition coefficient (Wildman–Crippen LogP) is 5.83. The van der Waals surface area contributed by atoms with E-state index in [9.17, 15) is 0 Å². The van der Waals surface area contributed by atoms with Gasteiger partial charge in [-0.1, -0.05) is 82.7 Å². The molecule has 0 nitrogen and oxygen atoms in total. The Morgan fingerprint density at radius 2 is 0.941 bits per heavy atom. The number of hydrogen-bond acceptors (Lipinski definition) is 0. The minimum absolute atomic E-state index is 1.17. The zero-order valence-electron chi connectivity index (χ0n) is 11.7. The maximum atomic E-state index is 3.75. The molecule has 0 aromatic rings. The quantitative estimate of drug-likeness (QED) is 0.207. The van der Waals surface area contributed by atoms with Crippen LogP contribution in [0.25, 0.3) is 0 Å². The maximum absolute atomic E-state index is 3.75. The van der Waals surface area contributed by atoms with Gasteiger partial charge in [-0.15, -0.1) is 6.58 Å². The largest absolute Gasteiger partial charge is 0.103 e. The first-order valence-electron chi connectivity index (χ1n) is 7.67. The van der Waals surface area contributed by atoms with Gasteiger partial charge in [-0.2, -0.15) is 0 Å². The Morgan fingerprint density at radius 3 is 1.29 bits per heavy atom. The highest BCUT2D eigenvalue weighted by Crippen LogP contribution is 2.12. The lowest BCUT2D eigenvalue weighted by Crippen LogP contribution is -1.82. The molecule has 0 bridgehead atoms. The molecule has 1 heteroatoms. The van der Waals surface area contributed by atoms with Crippen molar-refractivity contribution in [1.82, 2.24) is 0 Å². The van der Waals surface area contributed by atoms with Crippen LogP contribution in [0.15, 0.2) is 12.7 Å². The van der Waals surface area contributed by atoms with Gasteiger partial charge in [-0.05, 0) is 12.8 Å². The summed E-state index contributed by atoms with van der Waals surface area (Å²) in [6.07, 6.45) is 20.3. The maximum Gasteiger partial charge on any atom is 0.0222 e. The normalized spacial score (nSPS) is 10.6. The van der Waals surface area contributed by atoms with Gasteiger partial charge in [-0.3, -0.25) is 0 Å². The van der Waals surface area contributed by atoms with E-state index in [4.69, 9.17) is 0 Å². The Labute approximate surface area is 113 Å². The molecule has 0 N–H and O–H groups in total. The van der Waals surface area contributed by atoms with E-state index in [1.54, 1.807) is 0 Å². The van der Waals surface area contributed by atoms with Crippen LogP contribution >= 0.6 is 0 Å². The summed E-state index contributed by atoms with van der Waals surface area (Å²) in [5.41, 5.74) is 0. The summed E-state index contributed by atoms with van der Waals surface area (Å²) in [7, 11) is 3.52. The lowest BCUT2D eigenvalue weighted by atomic mass is 10.0. The molecule has 3 radical (unpaired) electrons. The average molecular weight is 252 g/mol. The molecule has 0 aliphatic carbocycles. The van der Waals surface area contributed by atoms with Crippen LogP contribution < -0.4 is 0 Å². The average Bonchev–Trinajstić information content (AvgIpc) is 2.35. The Balaban J connectivity index is 2.87. The van der Waals surface area contributed by atoms with E-state index in [1.807, 2.05) is 6.08 Å². The summed E-state index contributed by atoms with van der Waals surface area (Å²) in [6.45, 7) is 3.75. The molecular weight excluding hydrogens is 220 g/mol. The molecule has 0 heterocycles. The van der Waals surface area contributed by atoms with Gasteiger partial charge in [0.2, 0.25) is 0 Å². The third kappa shape index (κ3) is 16.0. The molecule has 0 aromatic carbocycles. The summed E-state index contributed by atoms with van der Waals surface area (Å²) < 4.78 is 0. The molecule has 0 aromatic heterocycles. The van der Waals surface area contributed by atoms with Crippen molar-refractivity contribution in [3.63, 3.8) is 0 Å². The van der Waals surface area contributed by atoms with Crippen molar-refractivity contribution in [2.24, 2.45) is 0 Å². The molecule has 99 valence electrons. The van der Waals surface area contributed by atoms with Crippen LogP contribution in [0.1, 0.15) is 83.5 Å². The van der Waals surface area contributed by atoms with Crippen molar-refractivity contribution in [2.75, 3.05) is 0 Å². The molecule has 17 heavy (non-hydrogen) atoms. The van der Waals surface area contributed by atoms with E-state index in [0.717, 1.165) is 0 Å². The second-order valence-corrected chi connectivity index (χ2v) is 5.57. The fourth-order valence-corrected chi connectivity index (χ4v) is 2.43. The van der Waals surface area contributed by atoms with Gasteiger partial charge in [0.25, 0.3) is 0 Å². The van der Waals surface area contributed by atoms with Crippen molar-refractivity contribution in [3.05, 3.63) is 12.7 Å². The van der Waals surface area contributed by atoms with Crippen molar-refractivity contribution >= 4 is 10.2 Å². The highest BCUT2D eigenvalue weighted by molar-refractivity contribution is 6.08. The van der Waals surface area contributed by atoms with Crippen LogP contribution in [0.4, 0.5) is 0 Å². The fourth-order valence-electron chi connectivity index (χ4n) is 2.18. The Morgan fingerprint density at radius 1 is 0.588 bits per heavy atom. The molecule has 0 spiro atoms. The van der Waals surface area contributed by atoms with Gasteiger partial charge >= 0.3 is 0 Å². The number of allylic oxidation sites excluding steroid dienone is 1. The molecule has 0 saturated carbocycles. The zero-order valence-corrected chi connectivity index (χ0v) is 12.7. The van der Waals surface area contributed by atoms with Crippen LogP contribution in [-0.4, -0.2) is 10.2 Å². The molecule has 0 atom stereocenters. The summed E-state index contributed by atoms with van der Waals surface area (Å²) >= 11 is 0. The van der Waals surface area contributed by atoms with E-state index < -0.39 is 0 Å². The third-order valence-electron chi connectivity index (χ3n) is 3.34. The zero-order chi connectivity index (χ0) is 12.6. The van der Waals surface area contributed by atoms with Gasteiger partial charge in [0, 0.05) is 10.2 Å². The molecule has 0 fully saturated rings. The summed E-state index contributed by atoms with van der Waals surface area (Å²) in [5.74, 6) is 0. The van der Waals surface area contributed by atoms with E-state index in [1.165, 1.54) is 89.5 Å². The number of rotatable bonds is 14. The molecule has 0 unspecified atom stereocenters. The molecule has 0 saturated heterocycles.